The number of allylic oxidation sites excluding steroid dienone is 1. The molecule has 0 saturated heterocycles. The molecule has 0 saturated carbocycles. The molecule has 1 aliphatic heterocycles. The SMILES string of the molecule is CCOc1cc(C2NC(=S)N(c3ccccc3)C(C)=C2C(=O)N(CC)CC)ccc1OC. The zero-order valence-corrected chi connectivity index (χ0v) is 20.2. The van der Waals surface area contributed by atoms with Gasteiger partial charge in [-0.1, -0.05) is 24.3 Å². The Balaban J connectivity index is 2.17. The van der Waals surface area contributed by atoms with E-state index < -0.39 is 6.04 Å². The lowest BCUT2D eigenvalue weighted by molar-refractivity contribution is -0.127. The number of para-hydroxylation sites is 1. The van der Waals surface area contributed by atoms with Gasteiger partial charge in [-0.25, -0.2) is 0 Å². The molecule has 0 aliphatic carbocycles. The van der Waals surface area contributed by atoms with Crippen LogP contribution >= 0.6 is 12.2 Å². The van der Waals surface area contributed by atoms with Crippen LogP contribution in [0.5, 0.6) is 11.5 Å². The number of amides is 1. The van der Waals surface area contributed by atoms with Crippen molar-refractivity contribution in [3.8, 4) is 11.5 Å². The van der Waals surface area contributed by atoms with E-state index in [1.54, 1.807) is 7.11 Å². The zero-order valence-electron chi connectivity index (χ0n) is 19.3. The van der Waals surface area contributed by atoms with Crippen LogP contribution in [-0.4, -0.2) is 42.7 Å². The highest BCUT2D eigenvalue weighted by Gasteiger charge is 2.36. The summed E-state index contributed by atoms with van der Waals surface area (Å²) in [5, 5.41) is 3.95. The minimum atomic E-state index is -0.402. The number of benzene rings is 2. The third kappa shape index (κ3) is 4.58. The molecule has 2 aromatic rings. The van der Waals surface area contributed by atoms with Gasteiger partial charge in [0, 0.05) is 24.5 Å². The van der Waals surface area contributed by atoms with Crippen LogP contribution in [0.15, 0.2) is 59.8 Å². The van der Waals surface area contributed by atoms with Crippen LogP contribution in [0.4, 0.5) is 5.69 Å². The highest BCUT2D eigenvalue weighted by Crippen LogP contribution is 2.37. The van der Waals surface area contributed by atoms with Crippen molar-refractivity contribution in [1.29, 1.82) is 0 Å². The number of nitrogens with one attached hydrogen (secondary N) is 1. The van der Waals surface area contributed by atoms with E-state index in [2.05, 4.69) is 5.32 Å². The number of methoxy groups -OCH3 is 1. The maximum absolute atomic E-state index is 13.7. The predicted molar refractivity (Wildman–Crippen MR) is 132 cm³/mol. The maximum atomic E-state index is 13.7. The Morgan fingerprint density at radius 3 is 2.38 bits per heavy atom. The van der Waals surface area contributed by atoms with E-state index in [1.807, 2.05) is 86.0 Å². The summed E-state index contributed by atoms with van der Waals surface area (Å²) in [4.78, 5) is 17.4. The van der Waals surface area contributed by atoms with E-state index in [-0.39, 0.29) is 5.91 Å². The molecule has 1 amide bonds. The van der Waals surface area contributed by atoms with Gasteiger partial charge in [0.2, 0.25) is 0 Å². The minimum Gasteiger partial charge on any atom is -0.493 e. The van der Waals surface area contributed by atoms with Crippen LogP contribution < -0.4 is 19.7 Å². The summed E-state index contributed by atoms with van der Waals surface area (Å²) in [5.41, 5.74) is 3.28. The number of carbonyl (C=O) groups excluding carboxylic acids is 1. The Morgan fingerprint density at radius 1 is 1.09 bits per heavy atom. The lowest BCUT2D eigenvalue weighted by atomic mass is 9.93. The van der Waals surface area contributed by atoms with Gasteiger partial charge in [0.1, 0.15) is 0 Å². The maximum Gasteiger partial charge on any atom is 0.253 e. The number of carbonyl (C=O) groups is 1. The lowest BCUT2D eigenvalue weighted by Crippen LogP contribution is -2.50. The van der Waals surface area contributed by atoms with Crippen LogP contribution in [0.2, 0.25) is 0 Å². The van der Waals surface area contributed by atoms with Gasteiger partial charge in [-0.2, -0.15) is 0 Å². The number of hydrogen-bond donors (Lipinski definition) is 1. The van der Waals surface area contributed by atoms with Crippen molar-refractivity contribution in [1.82, 2.24) is 10.2 Å². The second kappa shape index (κ2) is 10.5. The molecule has 2 aromatic carbocycles. The second-order valence-corrected chi connectivity index (χ2v) is 7.76. The number of nitrogens with zero attached hydrogens (tertiary/aromatic N) is 2. The molecule has 1 aliphatic rings. The van der Waals surface area contributed by atoms with E-state index in [9.17, 15) is 4.79 Å². The van der Waals surface area contributed by atoms with Crippen LogP contribution in [0.25, 0.3) is 0 Å². The van der Waals surface area contributed by atoms with Crippen molar-refractivity contribution >= 4 is 28.9 Å². The lowest BCUT2D eigenvalue weighted by Gasteiger charge is -2.39. The summed E-state index contributed by atoms with van der Waals surface area (Å²) in [6.07, 6.45) is 0. The smallest absolute Gasteiger partial charge is 0.253 e. The molecule has 7 heteroatoms. The summed E-state index contributed by atoms with van der Waals surface area (Å²) >= 11 is 5.76. The molecule has 1 N–H and O–H groups in total. The van der Waals surface area contributed by atoms with E-state index in [0.717, 1.165) is 16.9 Å². The standard InChI is InChI=1S/C25H31N3O3S/c1-6-27(7-2)24(29)22-17(4)28(19-12-10-9-11-13-19)25(32)26-23(22)18-14-15-20(30-5)21(16-18)31-8-3/h9-16,23H,6-8H2,1-5H3,(H,26,32). The fourth-order valence-electron chi connectivity index (χ4n) is 3.98. The van der Waals surface area contributed by atoms with Crippen molar-refractivity contribution in [2.75, 3.05) is 31.7 Å². The number of ether oxygens (including phenoxy) is 2. The van der Waals surface area contributed by atoms with Crippen molar-refractivity contribution in [2.45, 2.75) is 33.7 Å². The van der Waals surface area contributed by atoms with Gasteiger partial charge in [0.05, 0.1) is 25.3 Å². The highest BCUT2D eigenvalue weighted by molar-refractivity contribution is 7.80. The first kappa shape index (κ1) is 23.6. The van der Waals surface area contributed by atoms with Crippen LogP contribution in [0.1, 0.15) is 39.3 Å². The molecule has 3 rings (SSSR count). The first-order valence-electron chi connectivity index (χ1n) is 10.9. The number of likely N-dealkylation sites (N-methyl/N-ethyl adjacent to an activating group) is 1. The van der Waals surface area contributed by atoms with Crippen molar-refractivity contribution in [3.63, 3.8) is 0 Å². The van der Waals surface area contributed by atoms with Gasteiger partial charge in [-0.3, -0.25) is 9.69 Å². The van der Waals surface area contributed by atoms with Crippen molar-refractivity contribution in [3.05, 3.63) is 65.4 Å². The molecule has 0 radical (unpaired) electrons. The van der Waals surface area contributed by atoms with Crippen molar-refractivity contribution in [2.24, 2.45) is 0 Å². The fraction of sp³-hybridized carbons (Fsp3) is 0.360. The number of rotatable bonds is 8. The Labute approximate surface area is 195 Å². The quantitative estimate of drug-likeness (QED) is 0.586. The normalized spacial score (nSPS) is 16.0. The summed E-state index contributed by atoms with van der Waals surface area (Å²) in [6.45, 7) is 9.63. The summed E-state index contributed by atoms with van der Waals surface area (Å²) < 4.78 is 11.2. The molecule has 1 heterocycles. The van der Waals surface area contributed by atoms with E-state index in [1.165, 1.54) is 0 Å². The molecular formula is C25H31N3O3S. The molecule has 170 valence electrons. The Bertz CT molecular complexity index is 1000. The average molecular weight is 454 g/mol. The summed E-state index contributed by atoms with van der Waals surface area (Å²) in [7, 11) is 1.61. The molecule has 1 unspecified atom stereocenters. The first-order chi connectivity index (χ1) is 15.5. The minimum absolute atomic E-state index is 0.0118. The second-order valence-electron chi connectivity index (χ2n) is 7.37. The zero-order chi connectivity index (χ0) is 23.3. The molecule has 0 aromatic heterocycles. The summed E-state index contributed by atoms with van der Waals surface area (Å²) in [5.74, 6) is 1.28. The third-order valence-electron chi connectivity index (χ3n) is 5.60. The van der Waals surface area contributed by atoms with Gasteiger partial charge in [-0.15, -0.1) is 0 Å². The van der Waals surface area contributed by atoms with Gasteiger partial charge in [0.25, 0.3) is 5.91 Å². The van der Waals surface area contributed by atoms with Crippen molar-refractivity contribution < 1.29 is 14.3 Å². The average Bonchev–Trinajstić information content (AvgIpc) is 2.80. The van der Waals surface area contributed by atoms with Gasteiger partial charge >= 0.3 is 0 Å². The van der Waals surface area contributed by atoms with Gasteiger partial charge in [-0.05, 0) is 69.7 Å². The monoisotopic (exact) mass is 453 g/mol. The Hall–Kier alpha value is -3.06. The topological polar surface area (TPSA) is 54.0 Å². The molecule has 6 nitrogen and oxygen atoms in total. The third-order valence-corrected chi connectivity index (χ3v) is 5.90. The Kier molecular flexibility index (Phi) is 7.75. The van der Waals surface area contributed by atoms with Gasteiger partial charge in [0.15, 0.2) is 16.6 Å². The van der Waals surface area contributed by atoms with Crippen LogP contribution in [0.3, 0.4) is 0 Å². The van der Waals surface area contributed by atoms with Gasteiger partial charge < -0.3 is 19.7 Å². The predicted octanol–water partition coefficient (Wildman–Crippen LogP) is 4.67. The van der Waals surface area contributed by atoms with E-state index in [4.69, 9.17) is 21.7 Å². The van der Waals surface area contributed by atoms with E-state index in [0.29, 0.717) is 41.9 Å². The molecule has 1 atom stereocenters. The number of thiocarbonyl (C=S) groups is 1. The molecule has 0 fully saturated rings. The molecule has 0 spiro atoms. The van der Waals surface area contributed by atoms with E-state index >= 15 is 0 Å². The molecule has 32 heavy (non-hydrogen) atoms. The number of anilines is 1. The highest BCUT2D eigenvalue weighted by atomic mass is 32.1. The first-order valence-corrected chi connectivity index (χ1v) is 11.3. The van der Waals surface area contributed by atoms with Crippen LogP contribution in [-0.2, 0) is 4.79 Å². The number of hydrogen-bond acceptors (Lipinski definition) is 4. The Morgan fingerprint density at radius 2 is 1.78 bits per heavy atom. The summed E-state index contributed by atoms with van der Waals surface area (Å²) in [6, 6.07) is 15.2. The molecule has 0 bridgehead atoms. The molecular weight excluding hydrogens is 422 g/mol. The largest absolute Gasteiger partial charge is 0.493 e. The fourth-order valence-corrected chi connectivity index (χ4v) is 4.34. The van der Waals surface area contributed by atoms with Crippen LogP contribution in [0, 0.1) is 0 Å².